The maximum Gasteiger partial charge on any atom is -0.0417 e. The van der Waals surface area contributed by atoms with E-state index in [2.05, 4.69) is 20.8 Å². The SMILES string of the molecule is [CH2]CCCCCCC([CH2])CC. The molecule has 0 rings (SSSR count). The summed E-state index contributed by atoms with van der Waals surface area (Å²) in [7, 11) is 0. The topological polar surface area (TPSA) is 0 Å². The van der Waals surface area contributed by atoms with Crippen LogP contribution in [0.1, 0.15) is 51.9 Å². The van der Waals surface area contributed by atoms with Gasteiger partial charge in [-0.05, 0) is 5.92 Å². The summed E-state index contributed by atoms with van der Waals surface area (Å²) < 4.78 is 0. The number of unbranched alkanes of at least 4 members (excludes halogenated alkanes) is 4. The van der Waals surface area contributed by atoms with Gasteiger partial charge in [0.2, 0.25) is 0 Å². The fraction of sp³-hybridized carbons (Fsp3) is 0.818. The molecule has 0 saturated heterocycles. The zero-order chi connectivity index (χ0) is 8.53. The molecule has 66 valence electrons. The molecule has 0 aliphatic heterocycles. The average Bonchev–Trinajstić information content (AvgIpc) is 2.04. The molecule has 0 aromatic heterocycles. The first-order valence-electron chi connectivity index (χ1n) is 4.93. The lowest BCUT2D eigenvalue weighted by Gasteiger charge is -2.06. The third kappa shape index (κ3) is 7.90. The minimum atomic E-state index is 0.690. The van der Waals surface area contributed by atoms with E-state index >= 15 is 0 Å². The molecular weight excluding hydrogens is 132 g/mol. The van der Waals surface area contributed by atoms with E-state index < -0.39 is 0 Å². The Bertz CT molecular complexity index is 66.4. The zero-order valence-electron chi connectivity index (χ0n) is 7.94. The minimum absolute atomic E-state index is 0.690. The first-order chi connectivity index (χ1) is 5.31. The van der Waals surface area contributed by atoms with Crippen molar-refractivity contribution in [2.24, 2.45) is 5.92 Å². The molecule has 0 heteroatoms. The lowest BCUT2D eigenvalue weighted by atomic mass is 10.0. The molecule has 0 saturated carbocycles. The summed E-state index contributed by atoms with van der Waals surface area (Å²) in [5, 5.41) is 0. The average molecular weight is 154 g/mol. The Balaban J connectivity index is 2.89. The van der Waals surface area contributed by atoms with Gasteiger partial charge in [0.1, 0.15) is 0 Å². The Kier molecular flexibility index (Phi) is 8.10. The Morgan fingerprint density at radius 2 is 1.73 bits per heavy atom. The van der Waals surface area contributed by atoms with E-state index in [1.54, 1.807) is 0 Å². The molecule has 0 N–H and O–H groups in total. The van der Waals surface area contributed by atoms with E-state index in [9.17, 15) is 0 Å². The quantitative estimate of drug-likeness (QED) is 0.486. The van der Waals surface area contributed by atoms with Gasteiger partial charge in [0, 0.05) is 0 Å². The highest BCUT2D eigenvalue weighted by atomic mass is 14.0. The largest absolute Gasteiger partial charge is 0.0651 e. The van der Waals surface area contributed by atoms with Gasteiger partial charge in [-0.25, -0.2) is 0 Å². The first-order valence-corrected chi connectivity index (χ1v) is 4.93. The first kappa shape index (κ1) is 11.0. The van der Waals surface area contributed by atoms with E-state index in [4.69, 9.17) is 0 Å². The monoisotopic (exact) mass is 154 g/mol. The highest BCUT2D eigenvalue weighted by Crippen LogP contribution is 2.12. The predicted octanol–water partition coefficient (Wildman–Crippen LogP) is 4.02. The van der Waals surface area contributed by atoms with Gasteiger partial charge >= 0.3 is 0 Å². The summed E-state index contributed by atoms with van der Waals surface area (Å²) in [6.07, 6.45) is 9.04. The van der Waals surface area contributed by atoms with Crippen LogP contribution < -0.4 is 0 Å². The molecule has 0 aliphatic rings. The molecule has 0 fully saturated rings. The van der Waals surface area contributed by atoms with E-state index in [0.29, 0.717) is 5.92 Å². The van der Waals surface area contributed by atoms with Crippen molar-refractivity contribution in [1.29, 1.82) is 0 Å². The van der Waals surface area contributed by atoms with Crippen LogP contribution in [0.5, 0.6) is 0 Å². The molecule has 2 radical (unpaired) electrons. The molecule has 0 aromatic rings. The van der Waals surface area contributed by atoms with Crippen LogP contribution in [-0.2, 0) is 0 Å². The summed E-state index contributed by atoms with van der Waals surface area (Å²) in [6.45, 7) is 10.1. The van der Waals surface area contributed by atoms with Crippen molar-refractivity contribution in [3.05, 3.63) is 13.8 Å². The Morgan fingerprint density at radius 3 is 2.27 bits per heavy atom. The van der Waals surface area contributed by atoms with Crippen LogP contribution in [0.25, 0.3) is 0 Å². The molecule has 11 heavy (non-hydrogen) atoms. The smallest absolute Gasteiger partial charge is 0.0417 e. The molecule has 1 unspecified atom stereocenters. The van der Waals surface area contributed by atoms with E-state index in [1.165, 1.54) is 38.5 Å². The van der Waals surface area contributed by atoms with Gasteiger partial charge in [0.05, 0.1) is 0 Å². The van der Waals surface area contributed by atoms with Crippen molar-refractivity contribution in [3.8, 4) is 0 Å². The van der Waals surface area contributed by atoms with Crippen molar-refractivity contribution in [2.45, 2.75) is 51.9 Å². The third-order valence-electron chi connectivity index (χ3n) is 2.19. The fourth-order valence-corrected chi connectivity index (χ4v) is 1.17. The van der Waals surface area contributed by atoms with Crippen LogP contribution in [0.15, 0.2) is 0 Å². The predicted molar refractivity (Wildman–Crippen MR) is 52.2 cm³/mol. The van der Waals surface area contributed by atoms with Gasteiger partial charge in [0.25, 0.3) is 0 Å². The van der Waals surface area contributed by atoms with Gasteiger partial charge < -0.3 is 0 Å². The van der Waals surface area contributed by atoms with Crippen LogP contribution in [0, 0.1) is 19.8 Å². The molecule has 0 amide bonds. The van der Waals surface area contributed by atoms with Crippen molar-refractivity contribution in [3.63, 3.8) is 0 Å². The molecule has 0 heterocycles. The van der Waals surface area contributed by atoms with Crippen molar-refractivity contribution >= 4 is 0 Å². The Morgan fingerprint density at radius 1 is 1.09 bits per heavy atom. The number of hydrogen-bond acceptors (Lipinski definition) is 0. The third-order valence-corrected chi connectivity index (χ3v) is 2.19. The Hall–Kier alpha value is 0. The van der Waals surface area contributed by atoms with E-state index in [-0.39, 0.29) is 0 Å². The van der Waals surface area contributed by atoms with Crippen molar-refractivity contribution in [2.75, 3.05) is 0 Å². The maximum atomic E-state index is 4.06. The number of rotatable bonds is 7. The van der Waals surface area contributed by atoms with Gasteiger partial charge in [-0.3, -0.25) is 0 Å². The van der Waals surface area contributed by atoms with Crippen LogP contribution in [0.3, 0.4) is 0 Å². The molecule has 0 spiro atoms. The molecule has 1 atom stereocenters. The van der Waals surface area contributed by atoms with Gasteiger partial charge in [-0.15, -0.1) is 0 Å². The highest BCUT2D eigenvalue weighted by Gasteiger charge is 1.97. The molecule has 0 bridgehead atoms. The molecular formula is C11H22. The lowest BCUT2D eigenvalue weighted by Crippen LogP contribution is -1.91. The van der Waals surface area contributed by atoms with Crippen molar-refractivity contribution in [1.82, 2.24) is 0 Å². The summed E-state index contributed by atoms with van der Waals surface area (Å²) in [5.74, 6) is 0.690. The zero-order valence-corrected chi connectivity index (χ0v) is 7.94. The second-order valence-corrected chi connectivity index (χ2v) is 3.33. The molecule has 0 aliphatic carbocycles. The van der Waals surface area contributed by atoms with E-state index in [1.807, 2.05) is 0 Å². The standard InChI is InChI=1S/C11H22/c1-4-6-7-8-9-10-11(3)5-2/h11H,1,3-10H2,2H3. The molecule has 0 nitrogen and oxygen atoms in total. The second-order valence-electron chi connectivity index (χ2n) is 3.33. The maximum absolute atomic E-state index is 4.06. The van der Waals surface area contributed by atoms with Crippen molar-refractivity contribution < 1.29 is 0 Å². The van der Waals surface area contributed by atoms with Crippen LogP contribution in [0.4, 0.5) is 0 Å². The normalized spacial score (nSPS) is 13.4. The second kappa shape index (κ2) is 8.10. The fourth-order valence-electron chi connectivity index (χ4n) is 1.17. The van der Waals surface area contributed by atoms with Crippen LogP contribution >= 0.6 is 0 Å². The summed E-state index contributed by atoms with van der Waals surface area (Å²) in [6, 6.07) is 0. The van der Waals surface area contributed by atoms with Gasteiger partial charge in [-0.2, -0.15) is 0 Å². The Labute approximate surface area is 72.4 Å². The molecule has 0 aromatic carbocycles. The van der Waals surface area contributed by atoms with Gasteiger partial charge in [-0.1, -0.05) is 65.7 Å². The summed E-state index contributed by atoms with van der Waals surface area (Å²) in [4.78, 5) is 0. The summed E-state index contributed by atoms with van der Waals surface area (Å²) in [5.41, 5.74) is 0. The number of hydrogen-bond donors (Lipinski definition) is 0. The summed E-state index contributed by atoms with van der Waals surface area (Å²) >= 11 is 0. The lowest BCUT2D eigenvalue weighted by molar-refractivity contribution is 0.512. The van der Waals surface area contributed by atoms with Gasteiger partial charge in [0.15, 0.2) is 0 Å². The van der Waals surface area contributed by atoms with Crippen LogP contribution in [-0.4, -0.2) is 0 Å². The van der Waals surface area contributed by atoms with E-state index in [0.717, 1.165) is 6.42 Å². The van der Waals surface area contributed by atoms with Crippen LogP contribution in [0.2, 0.25) is 0 Å². The minimum Gasteiger partial charge on any atom is -0.0651 e. The highest BCUT2D eigenvalue weighted by molar-refractivity contribution is 4.58.